The van der Waals surface area contributed by atoms with E-state index in [1.807, 2.05) is 41.5 Å². The predicted octanol–water partition coefficient (Wildman–Crippen LogP) is 4.24. The van der Waals surface area contributed by atoms with E-state index in [9.17, 15) is 9.59 Å². The number of ether oxygens (including phenoxy) is 1. The number of carbonyl (C=O) groups is 2. The van der Waals surface area contributed by atoms with E-state index in [0.29, 0.717) is 6.42 Å². The summed E-state index contributed by atoms with van der Waals surface area (Å²) < 4.78 is 5.37. The van der Waals surface area contributed by atoms with E-state index >= 15 is 0 Å². The van der Waals surface area contributed by atoms with Gasteiger partial charge < -0.3 is 4.74 Å². The van der Waals surface area contributed by atoms with Gasteiger partial charge in [0.1, 0.15) is 5.78 Å². The van der Waals surface area contributed by atoms with Crippen LogP contribution >= 0.6 is 0 Å². The molecular weight excluding hydrogens is 252 g/mol. The summed E-state index contributed by atoms with van der Waals surface area (Å²) in [7, 11) is 0. The number of ketones is 1. The van der Waals surface area contributed by atoms with E-state index in [-0.39, 0.29) is 41.5 Å². The second-order valence-electron chi connectivity index (χ2n) is 6.60. The fraction of sp³-hybridized carbons (Fsp3) is 0.882. The zero-order valence-corrected chi connectivity index (χ0v) is 14.2. The minimum absolute atomic E-state index is 0.110. The molecular formula is C17H32O3. The van der Waals surface area contributed by atoms with Crippen LogP contribution in [-0.4, -0.2) is 17.9 Å². The predicted molar refractivity (Wildman–Crippen MR) is 82.4 cm³/mol. The van der Waals surface area contributed by atoms with Gasteiger partial charge >= 0.3 is 5.97 Å². The number of unbranched alkanes of at least 4 members (excludes halogenated alkanes) is 1. The van der Waals surface area contributed by atoms with Crippen LogP contribution in [0.5, 0.6) is 0 Å². The van der Waals surface area contributed by atoms with Crippen LogP contribution in [0.25, 0.3) is 0 Å². The first-order valence-corrected chi connectivity index (χ1v) is 7.95. The summed E-state index contributed by atoms with van der Waals surface area (Å²) in [5.41, 5.74) is 0. The quantitative estimate of drug-likeness (QED) is 0.595. The molecule has 0 bridgehead atoms. The second-order valence-corrected chi connectivity index (χ2v) is 6.60. The van der Waals surface area contributed by atoms with Gasteiger partial charge in [-0.25, -0.2) is 0 Å². The van der Waals surface area contributed by atoms with Crippen LogP contribution in [0, 0.1) is 23.7 Å². The highest BCUT2D eigenvalue weighted by molar-refractivity contribution is 5.87. The van der Waals surface area contributed by atoms with Crippen LogP contribution in [0.2, 0.25) is 0 Å². The molecule has 20 heavy (non-hydrogen) atoms. The zero-order chi connectivity index (χ0) is 15.9. The van der Waals surface area contributed by atoms with Crippen molar-refractivity contribution in [3.63, 3.8) is 0 Å². The molecule has 3 heteroatoms. The second kappa shape index (κ2) is 9.15. The molecule has 0 amide bonds. The lowest BCUT2D eigenvalue weighted by atomic mass is 9.74. The summed E-state index contributed by atoms with van der Waals surface area (Å²) in [6.07, 6.45) is 2.32. The van der Waals surface area contributed by atoms with Crippen molar-refractivity contribution in [1.29, 1.82) is 0 Å². The lowest BCUT2D eigenvalue weighted by Gasteiger charge is -2.31. The van der Waals surface area contributed by atoms with Crippen molar-refractivity contribution in [2.75, 3.05) is 0 Å². The summed E-state index contributed by atoms with van der Waals surface area (Å²) in [5.74, 6) is -0.306. The largest absolute Gasteiger partial charge is 0.463 e. The van der Waals surface area contributed by atoms with E-state index < -0.39 is 0 Å². The van der Waals surface area contributed by atoms with Crippen molar-refractivity contribution in [2.45, 2.75) is 73.8 Å². The molecule has 0 rings (SSSR count). The number of rotatable bonds is 9. The summed E-state index contributed by atoms with van der Waals surface area (Å²) >= 11 is 0. The molecule has 0 aromatic carbocycles. The van der Waals surface area contributed by atoms with Crippen LogP contribution in [0.4, 0.5) is 0 Å². The molecule has 2 atom stereocenters. The van der Waals surface area contributed by atoms with Gasteiger partial charge in [-0.15, -0.1) is 0 Å². The first-order chi connectivity index (χ1) is 9.22. The van der Waals surface area contributed by atoms with Crippen molar-refractivity contribution in [2.24, 2.45) is 23.7 Å². The maximum absolute atomic E-state index is 12.5. The molecule has 0 saturated carbocycles. The number of carbonyl (C=O) groups excluding carboxylic acids is 2. The Hall–Kier alpha value is -0.860. The van der Waals surface area contributed by atoms with Gasteiger partial charge in [-0.1, -0.05) is 41.0 Å². The molecule has 0 aliphatic carbocycles. The van der Waals surface area contributed by atoms with Gasteiger partial charge in [-0.2, -0.15) is 0 Å². The van der Waals surface area contributed by atoms with Crippen molar-refractivity contribution < 1.29 is 14.3 Å². The molecule has 0 aromatic heterocycles. The fourth-order valence-corrected chi connectivity index (χ4v) is 2.65. The normalized spacial score (nSPS) is 14.7. The molecule has 0 radical (unpaired) electrons. The minimum Gasteiger partial charge on any atom is -0.463 e. The van der Waals surface area contributed by atoms with Gasteiger partial charge in [0.2, 0.25) is 0 Å². The standard InChI is InChI=1S/C17H32O3/c1-8-9-10-14(18)15(11(2)3)16(12(4)5)17(19)20-13(6)7/h11-13,15-16H,8-10H2,1-7H3. The Morgan fingerprint density at radius 1 is 0.900 bits per heavy atom. The van der Waals surface area contributed by atoms with Gasteiger partial charge in [0.15, 0.2) is 0 Å². The molecule has 0 spiro atoms. The highest BCUT2D eigenvalue weighted by Gasteiger charge is 2.38. The maximum Gasteiger partial charge on any atom is 0.310 e. The van der Waals surface area contributed by atoms with Crippen molar-refractivity contribution in [3.05, 3.63) is 0 Å². The Bertz CT molecular complexity index is 305. The number of esters is 1. The highest BCUT2D eigenvalue weighted by Crippen LogP contribution is 2.31. The summed E-state index contributed by atoms with van der Waals surface area (Å²) in [6, 6.07) is 0. The van der Waals surface area contributed by atoms with Gasteiger partial charge in [0.25, 0.3) is 0 Å². The Labute approximate surface area is 124 Å². The average molecular weight is 284 g/mol. The molecule has 0 saturated heterocycles. The maximum atomic E-state index is 12.5. The molecule has 0 heterocycles. The molecule has 0 fully saturated rings. The summed E-state index contributed by atoms with van der Waals surface area (Å²) in [5, 5.41) is 0. The lowest BCUT2D eigenvalue weighted by Crippen LogP contribution is -2.38. The third-order valence-corrected chi connectivity index (χ3v) is 3.60. The van der Waals surface area contributed by atoms with Gasteiger partial charge in [-0.3, -0.25) is 9.59 Å². The Morgan fingerprint density at radius 3 is 1.75 bits per heavy atom. The SMILES string of the molecule is CCCCC(=O)C(C(C)C)C(C(=O)OC(C)C)C(C)C. The minimum atomic E-state index is -0.332. The number of hydrogen-bond donors (Lipinski definition) is 0. The van der Waals surface area contributed by atoms with Crippen LogP contribution < -0.4 is 0 Å². The first-order valence-electron chi connectivity index (χ1n) is 7.95. The fourth-order valence-electron chi connectivity index (χ4n) is 2.65. The van der Waals surface area contributed by atoms with Crippen molar-refractivity contribution in [3.8, 4) is 0 Å². The van der Waals surface area contributed by atoms with Crippen LogP contribution in [0.1, 0.15) is 67.7 Å². The zero-order valence-electron chi connectivity index (χ0n) is 14.2. The van der Waals surface area contributed by atoms with Gasteiger partial charge in [0, 0.05) is 12.3 Å². The smallest absolute Gasteiger partial charge is 0.310 e. The number of Topliss-reactive ketones (excluding diaryl/α,β-unsaturated/α-hetero) is 1. The first kappa shape index (κ1) is 19.1. The molecule has 0 aliphatic heterocycles. The topological polar surface area (TPSA) is 43.4 Å². The Morgan fingerprint density at radius 2 is 1.40 bits per heavy atom. The van der Waals surface area contributed by atoms with E-state index in [0.717, 1.165) is 12.8 Å². The Kier molecular flexibility index (Phi) is 8.75. The van der Waals surface area contributed by atoms with Crippen LogP contribution in [0.3, 0.4) is 0 Å². The molecule has 0 aliphatic rings. The monoisotopic (exact) mass is 284 g/mol. The molecule has 0 aromatic rings. The van der Waals surface area contributed by atoms with Gasteiger partial charge in [-0.05, 0) is 32.1 Å². The number of hydrogen-bond acceptors (Lipinski definition) is 3. The van der Waals surface area contributed by atoms with Crippen LogP contribution in [-0.2, 0) is 14.3 Å². The van der Waals surface area contributed by atoms with E-state index in [1.54, 1.807) is 0 Å². The lowest BCUT2D eigenvalue weighted by molar-refractivity contribution is -0.159. The summed E-state index contributed by atoms with van der Waals surface area (Å²) in [6.45, 7) is 13.8. The third kappa shape index (κ3) is 6.06. The Balaban J connectivity index is 5.14. The van der Waals surface area contributed by atoms with Gasteiger partial charge in [0.05, 0.1) is 12.0 Å². The summed E-state index contributed by atoms with van der Waals surface area (Å²) in [4.78, 5) is 24.8. The molecule has 118 valence electrons. The highest BCUT2D eigenvalue weighted by atomic mass is 16.5. The average Bonchev–Trinajstić information content (AvgIpc) is 2.30. The molecule has 2 unspecified atom stereocenters. The van der Waals surface area contributed by atoms with E-state index in [2.05, 4.69) is 6.92 Å². The van der Waals surface area contributed by atoms with Crippen molar-refractivity contribution >= 4 is 11.8 Å². The third-order valence-electron chi connectivity index (χ3n) is 3.60. The van der Waals surface area contributed by atoms with Crippen molar-refractivity contribution in [1.82, 2.24) is 0 Å². The van der Waals surface area contributed by atoms with Crippen LogP contribution in [0.15, 0.2) is 0 Å². The molecule has 0 N–H and O–H groups in total. The van der Waals surface area contributed by atoms with E-state index in [1.165, 1.54) is 0 Å². The van der Waals surface area contributed by atoms with E-state index in [4.69, 9.17) is 4.74 Å². The molecule has 3 nitrogen and oxygen atoms in total.